The maximum atomic E-state index is 11.2. The summed E-state index contributed by atoms with van der Waals surface area (Å²) in [5.41, 5.74) is 0. The minimum absolute atomic E-state index is 0.341. The van der Waals surface area contributed by atoms with Crippen molar-refractivity contribution in [1.29, 1.82) is 0 Å². The molecule has 4 nitrogen and oxygen atoms in total. The predicted molar refractivity (Wildman–Crippen MR) is 53.1 cm³/mol. The van der Waals surface area contributed by atoms with Gasteiger partial charge in [0.25, 0.3) is 0 Å². The van der Waals surface area contributed by atoms with Gasteiger partial charge in [-0.05, 0) is 6.42 Å². The Kier molecular flexibility index (Phi) is 3.70. The van der Waals surface area contributed by atoms with Crippen LogP contribution in [0, 0.1) is 0 Å². The Morgan fingerprint density at radius 1 is 1.54 bits per heavy atom. The average molecular weight is 206 g/mol. The predicted octanol–water partition coefficient (Wildman–Crippen LogP) is 0.0199. The zero-order valence-electron chi connectivity index (χ0n) is 8.28. The highest BCUT2D eigenvalue weighted by Crippen LogP contribution is 2.07. The van der Waals surface area contributed by atoms with Gasteiger partial charge in [0, 0.05) is 25.7 Å². The Hall–Kier alpha value is -0.130. The number of nitrogens with one attached hydrogen (secondary N) is 1. The standard InChI is InChI=1S/C8H18N2O2S/c1-3-4-8-7-10(6-5-9-8)13(2,11)12/h8-9H,3-7H2,1-2H3. The molecule has 0 aromatic carbocycles. The van der Waals surface area contributed by atoms with Crippen molar-refractivity contribution in [2.24, 2.45) is 0 Å². The van der Waals surface area contributed by atoms with Crippen LogP contribution in [0.3, 0.4) is 0 Å². The fourth-order valence-corrected chi connectivity index (χ4v) is 2.51. The number of hydrogen-bond donors (Lipinski definition) is 1. The van der Waals surface area contributed by atoms with E-state index in [9.17, 15) is 8.42 Å². The third-order valence-corrected chi connectivity index (χ3v) is 3.59. The summed E-state index contributed by atoms with van der Waals surface area (Å²) >= 11 is 0. The smallest absolute Gasteiger partial charge is 0.211 e. The van der Waals surface area contributed by atoms with Crippen LogP contribution in [0.4, 0.5) is 0 Å². The first-order chi connectivity index (χ1) is 6.04. The van der Waals surface area contributed by atoms with E-state index in [0.717, 1.165) is 19.4 Å². The van der Waals surface area contributed by atoms with E-state index in [1.807, 2.05) is 0 Å². The van der Waals surface area contributed by atoms with Crippen molar-refractivity contribution in [2.45, 2.75) is 25.8 Å². The minimum Gasteiger partial charge on any atom is -0.311 e. The van der Waals surface area contributed by atoms with E-state index < -0.39 is 10.0 Å². The van der Waals surface area contributed by atoms with Crippen LogP contribution in [0.15, 0.2) is 0 Å². The second-order valence-corrected chi connectivity index (χ2v) is 5.54. The zero-order valence-corrected chi connectivity index (χ0v) is 9.10. The molecule has 0 aromatic heterocycles. The Morgan fingerprint density at radius 2 is 2.23 bits per heavy atom. The largest absolute Gasteiger partial charge is 0.311 e. The highest BCUT2D eigenvalue weighted by Gasteiger charge is 2.24. The third kappa shape index (κ3) is 3.25. The monoisotopic (exact) mass is 206 g/mol. The van der Waals surface area contributed by atoms with E-state index in [-0.39, 0.29) is 0 Å². The van der Waals surface area contributed by atoms with Gasteiger partial charge in [0.2, 0.25) is 10.0 Å². The SMILES string of the molecule is CCCC1CN(S(C)(=O)=O)CCN1. The summed E-state index contributed by atoms with van der Waals surface area (Å²) in [5, 5.41) is 3.32. The summed E-state index contributed by atoms with van der Waals surface area (Å²) < 4.78 is 24.0. The van der Waals surface area contributed by atoms with Crippen molar-refractivity contribution in [3.05, 3.63) is 0 Å². The Bertz CT molecular complexity index is 249. The molecule has 0 aromatic rings. The summed E-state index contributed by atoms with van der Waals surface area (Å²) in [4.78, 5) is 0. The topological polar surface area (TPSA) is 49.4 Å². The van der Waals surface area contributed by atoms with Crippen molar-refractivity contribution >= 4 is 10.0 Å². The highest BCUT2D eigenvalue weighted by atomic mass is 32.2. The van der Waals surface area contributed by atoms with Crippen molar-refractivity contribution in [2.75, 3.05) is 25.9 Å². The van der Waals surface area contributed by atoms with E-state index in [4.69, 9.17) is 0 Å². The van der Waals surface area contributed by atoms with Gasteiger partial charge < -0.3 is 5.32 Å². The molecule has 1 heterocycles. The van der Waals surface area contributed by atoms with Crippen molar-refractivity contribution < 1.29 is 8.42 Å². The molecule has 0 bridgehead atoms. The second-order valence-electron chi connectivity index (χ2n) is 3.56. The van der Waals surface area contributed by atoms with Crippen molar-refractivity contribution in [3.8, 4) is 0 Å². The molecule has 0 amide bonds. The van der Waals surface area contributed by atoms with Crippen molar-refractivity contribution in [3.63, 3.8) is 0 Å². The number of rotatable bonds is 3. The first-order valence-electron chi connectivity index (χ1n) is 4.72. The van der Waals surface area contributed by atoms with Crippen LogP contribution < -0.4 is 5.32 Å². The van der Waals surface area contributed by atoms with E-state index in [1.54, 1.807) is 4.31 Å². The number of nitrogens with zero attached hydrogens (tertiary/aromatic N) is 1. The number of piperazine rings is 1. The lowest BCUT2D eigenvalue weighted by atomic mass is 10.1. The van der Waals surface area contributed by atoms with Gasteiger partial charge in [0.1, 0.15) is 0 Å². The van der Waals surface area contributed by atoms with E-state index in [1.165, 1.54) is 6.26 Å². The average Bonchev–Trinajstić information content (AvgIpc) is 2.04. The summed E-state index contributed by atoms with van der Waals surface area (Å²) in [6.45, 7) is 4.13. The molecule has 0 aliphatic carbocycles. The molecular formula is C8H18N2O2S. The molecule has 0 saturated carbocycles. The van der Waals surface area contributed by atoms with E-state index in [0.29, 0.717) is 19.1 Å². The van der Waals surface area contributed by atoms with Crippen LogP contribution in [0.5, 0.6) is 0 Å². The lowest BCUT2D eigenvalue weighted by Crippen LogP contribution is -2.52. The van der Waals surface area contributed by atoms with Crippen LogP contribution in [-0.2, 0) is 10.0 Å². The Balaban J connectivity index is 2.52. The second kappa shape index (κ2) is 4.39. The molecule has 1 fully saturated rings. The Labute approximate surface area is 80.4 Å². The van der Waals surface area contributed by atoms with Crippen LogP contribution in [0.25, 0.3) is 0 Å². The first kappa shape index (κ1) is 10.9. The molecule has 1 N–H and O–H groups in total. The minimum atomic E-state index is -2.98. The molecular weight excluding hydrogens is 188 g/mol. The molecule has 1 rings (SSSR count). The number of sulfonamides is 1. The quantitative estimate of drug-likeness (QED) is 0.708. The third-order valence-electron chi connectivity index (χ3n) is 2.32. The van der Waals surface area contributed by atoms with Gasteiger partial charge in [-0.3, -0.25) is 0 Å². The van der Waals surface area contributed by atoms with Gasteiger partial charge >= 0.3 is 0 Å². The Morgan fingerprint density at radius 3 is 2.77 bits per heavy atom. The normalized spacial score (nSPS) is 26.2. The molecule has 1 saturated heterocycles. The molecule has 1 aliphatic heterocycles. The maximum Gasteiger partial charge on any atom is 0.211 e. The summed E-state index contributed by atoms with van der Waals surface area (Å²) in [5.74, 6) is 0. The van der Waals surface area contributed by atoms with Crippen LogP contribution in [0.2, 0.25) is 0 Å². The maximum absolute atomic E-state index is 11.2. The molecule has 0 radical (unpaired) electrons. The fourth-order valence-electron chi connectivity index (χ4n) is 1.64. The summed E-state index contributed by atoms with van der Waals surface area (Å²) in [6.07, 6.45) is 3.42. The van der Waals surface area contributed by atoms with Crippen molar-refractivity contribution in [1.82, 2.24) is 9.62 Å². The molecule has 1 atom stereocenters. The highest BCUT2D eigenvalue weighted by molar-refractivity contribution is 7.88. The lowest BCUT2D eigenvalue weighted by molar-refractivity contribution is 0.289. The molecule has 13 heavy (non-hydrogen) atoms. The van der Waals surface area contributed by atoms with Crippen LogP contribution in [-0.4, -0.2) is 44.7 Å². The van der Waals surface area contributed by atoms with Gasteiger partial charge in [-0.1, -0.05) is 13.3 Å². The molecule has 78 valence electrons. The van der Waals surface area contributed by atoms with Gasteiger partial charge in [-0.15, -0.1) is 0 Å². The van der Waals surface area contributed by atoms with Gasteiger partial charge in [-0.25, -0.2) is 8.42 Å². The zero-order chi connectivity index (χ0) is 9.90. The first-order valence-corrected chi connectivity index (χ1v) is 6.57. The van der Waals surface area contributed by atoms with E-state index in [2.05, 4.69) is 12.2 Å². The van der Waals surface area contributed by atoms with Crippen LogP contribution >= 0.6 is 0 Å². The van der Waals surface area contributed by atoms with Crippen LogP contribution in [0.1, 0.15) is 19.8 Å². The molecule has 5 heteroatoms. The van der Waals surface area contributed by atoms with Gasteiger partial charge in [0.05, 0.1) is 6.26 Å². The fraction of sp³-hybridized carbons (Fsp3) is 1.00. The molecule has 1 aliphatic rings. The van der Waals surface area contributed by atoms with Gasteiger partial charge in [-0.2, -0.15) is 4.31 Å². The molecule has 1 unspecified atom stereocenters. The summed E-state index contributed by atoms with van der Waals surface area (Å²) in [7, 11) is -2.98. The van der Waals surface area contributed by atoms with Gasteiger partial charge in [0.15, 0.2) is 0 Å². The lowest BCUT2D eigenvalue weighted by Gasteiger charge is -2.31. The molecule has 0 spiro atoms. The summed E-state index contributed by atoms with van der Waals surface area (Å²) in [6, 6.07) is 0.341. The number of hydrogen-bond acceptors (Lipinski definition) is 3. The van der Waals surface area contributed by atoms with E-state index >= 15 is 0 Å².